The first kappa shape index (κ1) is 35.3. The Hall–Kier alpha value is -0.120. The molecule has 0 fully saturated rings. The predicted octanol–water partition coefficient (Wildman–Crippen LogP) is -6.23. The van der Waals surface area contributed by atoms with Crippen molar-refractivity contribution in [3.63, 3.8) is 0 Å². The maximum atomic E-state index is 10.7. The van der Waals surface area contributed by atoms with Crippen LogP contribution in [0, 0.1) is 5.92 Å². The van der Waals surface area contributed by atoms with Gasteiger partial charge in [-0.3, -0.25) is 9.59 Å². The summed E-state index contributed by atoms with van der Waals surface area (Å²) in [6, 6.07) is 0. The number of carbonyl (C=O) groups excluding carboxylic acids is 4. The van der Waals surface area contributed by atoms with Crippen molar-refractivity contribution < 1.29 is 88.5 Å². The van der Waals surface area contributed by atoms with Crippen LogP contribution in [0.1, 0.15) is 84.0 Å². The van der Waals surface area contributed by atoms with Crippen LogP contribution in [0.3, 0.4) is 0 Å². The van der Waals surface area contributed by atoms with Gasteiger partial charge in [0.2, 0.25) is 0 Å². The van der Waals surface area contributed by atoms with Crippen LogP contribution in [0.5, 0.6) is 0 Å². The van der Waals surface area contributed by atoms with Gasteiger partial charge >= 0.3 is 70.9 Å². The monoisotopic (exact) mass is 418 g/mol. The predicted molar refractivity (Wildman–Crippen MR) is 93.0 cm³/mol. The zero-order valence-corrected chi connectivity index (χ0v) is 21.7. The minimum absolute atomic E-state index is 0. The van der Waals surface area contributed by atoms with Crippen molar-refractivity contribution in [1.29, 1.82) is 0 Å². The summed E-state index contributed by atoms with van der Waals surface area (Å²) in [6.07, 6.45) is 11.7. The molecule has 152 valence electrons. The number of carboxylic acid groups (broad SMARTS) is 2. The van der Waals surface area contributed by atoms with E-state index in [2.05, 4.69) is 18.4 Å². The molecule has 2 amide bonds. The molecule has 1 unspecified atom stereocenters. The summed E-state index contributed by atoms with van der Waals surface area (Å²) in [6.45, 7) is 2.21. The molecule has 8 nitrogen and oxygen atoms in total. The Labute approximate surface area is 212 Å². The van der Waals surface area contributed by atoms with Gasteiger partial charge in [0.15, 0.2) is 0 Å². The number of amides is 2. The number of rotatable bonds is 14. The molecule has 0 aromatic rings. The van der Waals surface area contributed by atoms with E-state index in [9.17, 15) is 29.4 Å². The Morgan fingerprint density at radius 3 is 1.36 bits per heavy atom. The van der Waals surface area contributed by atoms with Crippen LogP contribution in [0.2, 0.25) is 0 Å². The summed E-state index contributed by atoms with van der Waals surface area (Å²) in [5.41, 5.74) is 8.64. The summed E-state index contributed by atoms with van der Waals surface area (Å²) in [7, 11) is 0. The van der Waals surface area contributed by atoms with Crippen LogP contribution in [0.25, 0.3) is 0 Å². The normalized spacial score (nSPS) is 10.3. The number of hydrogen-bond donors (Lipinski definition) is 2. The molecule has 28 heavy (non-hydrogen) atoms. The van der Waals surface area contributed by atoms with Gasteiger partial charge in [0.1, 0.15) is 0 Å². The molecule has 0 bridgehead atoms. The van der Waals surface area contributed by atoms with Crippen LogP contribution in [0.4, 0.5) is 0 Å². The minimum Gasteiger partial charge on any atom is -0.550 e. The molecule has 0 radical (unpaired) electrons. The Kier molecular flexibility index (Phi) is 31.4. The van der Waals surface area contributed by atoms with Gasteiger partial charge < -0.3 is 31.3 Å². The second kappa shape index (κ2) is 24.9. The maximum absolute atomic E-state index is 10.7. The fourth-order valence-corrected chi connectivity index (χ4v) is 2.38. The van der Waals surface area contributed by atoms with Crippen LogP contribution in [-0.2, 0) is 19.2 Å². The average Bonchev–Trinajstić information content (AvgIpc) is 2.55. The zero-order valence-electron chi connectivity index (χ0n) is 17.7. The van der Waals surface area contributed by atoms with Crippen LogP contribution < -0.4 is 80.8 Å². The van der Waals surface area contributed by atoms with Gasteiger partial charge in [-0.2, -0.15) is 0 Å². The third-order valence-electron chi connectivity index (χ3n) is 3.90. The summed E-state index contributed by atoms with van der Waals surface area (Å²) in [5.74, 6) is -5.68. The second-order valence-corrected chi connectivity index (χ2v) is 6.29. The molecule has 0 aromatic carbocycles. The summed E-state index contributed by atoms with van der Waals surface area (Å²) in [4.78, 5) is 40.0. The first-order chi connectivity index (χ1) is 12.2. The van der Waals surface area contributed by atoms with Crippen molar-refractivity contribution in [1.82, 2.24) is 0 Å². The Morgan fingerprint density at radius 1 is 0.714 bits per heavy atom. The summed E-state index contributed by atoms with van der Waals surface area (Å²) < 4.78 is 0. The van der Waals surface area contributed by atoms with E-state index in [1.807, 2.05) is 0 Å². The fourth-order valence-electron chi connectivity index (χ4n) is 2.38. The standard InChI is InChI=1S/C16H30O4.C2H4N2O2.2Na/c1-2-3-4-5-6-7-8-9-10-11-12-14(16(19)20)13-15(17)18;3-1(5)2(4)6;;/h14H,2-13H2,1H3,(H,17,18)(H,19,20);(H2,3,5)(H2,4,6);;/q;;2*+1/p-2. The summed E-state index contributed by atoms with van der Waals surface area (Å²) in [5, 5.41) is 21.1. The van der Waals surface area contributed by atoms with Gasteiger partial charge in [0.05, 0.1) is 0 Å². The summed E-state index contributed by atoms with van der Waals surface area (Å²) >= 11 is 0. The molecule has 0 saturated carbocycles. The molecule has 1 atom stereocenters. The number of primary amides is 2. The number of carbonyl (C=O) groups is 4. The van der Waals surface area contributed by atoms with Crippen molar-refractivity contribution in [3.05, 3.63) is 0 Å². The number of nitrogens with two attached hydrogens (primary N) is 2. The minimum atomic E-state index is -1.31. The van der Waals surface area contributed by atoms with E-state index >= 15 is 0 Å². The van der Waals surface area contributed by atoms with E-state index in [4.69, 9.17) is 0 Å². The van der Waals surface area contributed by atoms with Gasteiger partial charge in [-0.25, -0.2) is 0 Å². The third kappa shape index (κ3) is 28.1. The molecular formula is C18H32N2Na2O6. The molecule has 0 aliphatic rings. The Bertz CT molecular complexity index is 424. The van der Waals surface area contributed by atoms with Gasteiger partial charge in [-0.1, -0.05) is 71.1 Å². The van der Waals surface area contributed by atoms with E-state index in [-0.39, 0.29) is 59.1 Å². The van der Waals surface area contributed by atoms with Crippen molar-refractivity contribution >= 4 is 23.8 Å². The molecule has 10 heteroatoms. The molecule has 0 heterocycles. The quantitative estimate of drug-likeness (QED) is 0.162. The van der Waals surface area contributed by atoms with E-state index in [1.54, 1.807) is 0 Å². The largest absolute Gasteiger partial charge is 1.00 e. The molecule has 0 rings (SSSR count). The molecule has 0 aromatic heterocycles. The fraction of sp³-hybridized carbons (Fsp3) is 0.778. The number of carboxylic acids is 2. The van der Waals surface area contributed by atoms with Crippen molar-refractivity contribution in [2.24, 2.45) is 17.4 Å². The van der Waals surface area contributed by atoms with Gasteiger partial charge in [-0.05, 0) is 12.8 Å². The van der Waals surface area contributed by atoms with Crippen LogP contribution in [-0.4, -0.2) is 23.8 Å². The number of aliphatic carboxylic acids is 2. The van der Waals surface area contributed by atoms with E-state index in [0.29, 0.717) is 6.42 Å². The van der Waals surface area contributed by atoms with E-state index in [0.717, 1.165) is 19.3 Å². The first-order valence-electron chi connectivity index (χ1n) is 9.22. The van der Waals surface area contributed by atoms with Crippen molar-refractivity contribution in [2.45, 2.75) is 84.0 Å². The molecular weight excluding hydrogens is 386 g/mol. The van der Waals surface area contributed by atoms with Gasteiger partial charge in [0, 0.05) is 17.9 Å². The number of hydrogen-bond acceptors (Lipinski definition) is 6. The second-order valence-electron chi connectivity index (χ2n) is 6.29. The van der Waals surface area contributed by atoms with Crippen LogP contribution >= 0.6 is 0 Å². The average molecular weight is 418 g/mol. The maximum Gasteiger partial charge on any atom is 1.00 e. The Morgan fingerprint density at radius 2 is 1.07 bits per heavy atom. The zero-order chi connectivity index (χ0) is 20.4. The molecule has 0 aliphatic carbocycles. The topological polar surface area (TPSA) is 166 Å². The molecule has 4 N–H and O–H groups in total. The Balaban J connectivity index is -0.000000312. The van der Waals surface area contributed by atoms with Gasteiger partial charge in [-0.15, -0.1) is 0 Å². The SMILES string of the molecule is CCCCCCCCCCCCC(CC(=O)[O-])C(=O)[O-].NC(=O)C(N)=O.[Na+].[Na+]. The molecule has 0 saturated heterocycles. The van der Waals surface area contributed by atoms with Gasteiger partial charge in [0.25, 0.3) is 0 Å². The van der Waals surface area contributed by atoms with Crippen molar-refractivity contribution in [3.8, 4) is 0 Å². The van der Waals surface area contributed by atoms with Crippen LogP contribution in [0.15, 0.2) is 0 Å². The number of unbranched alkanes of at least 4 members (excludes halogenated alkanes) is 9. The van der Waals surface area contributed by atoms with Crippen molar-refractivity contribution in [2.75, 3.05) is 0 Å². The molecule has 0 spiro atoms. The first-order valence-corrected chi connectivity index (χ1v) is 9.22. The van der Waals surface area contributed by atoms with E-state index < -0.39 is 36.1 Å². The smallest absolute Gasteiger partial charge is 0.550 e. The van der Waals surface area contributed by atoms with E-state index in [1.165, 1.54) is 44.9 Å². The third-order valence-corrected chi connectivity index (χ3v) is 3.90. The molecule has 0 aliphatic heterocycles.